The number of nitrogens with zero attached hydrogens (tertiary/aromatic N) is 1. The van der Waals surface area contributed by atoms with Gasteiger partial charge >= 0.3 is 0 Å². The van der Waals surface area contributed by atoms with E-state index in [2.05, 4.69) is 41.4 Å². The number of nitrogens with two attached hydrogens (primary N) is 1. The van der Waals surface area contributed by atoms with Gasteiger partial charge in [0.2, 0.25) is 0 Å². The molecule has 0 fully saturated rings. The normalized spacial score (nSPS) is 27.2. The van der Waals surface area contributed by atoms with Gasteiger partial charge in [-0.05, 0) is 23.1 Å². The molecule has 1 aliphatic heterocycles. The lowest BCUT2D eigenvalue weighted by atomic mass is 9.88. The third-order valence-corrected chi connectivity index (χ3v) is 4.27. The van der Waals surface area contributed by atoms with Gasteiger partial charge in [0.1, 0.15) is 6.10 Å². The van der Waals surface area contributed by atoms with Crippen molar-refractivity contribution in [3.8, 4) is 0 Å². The minimum absolute atomic E-state index is 0.0360. The molecule has 2 N–H and O–H groups in total. The average Bonchev–Trinajstić information content (AvgIpc) is 2.86. The number of ether oxygens (including phenoxy) is 1. The Labute approximate surface area is 118 Å². The SMILES string of the molecule is NC1=N[C@H](c2ccccc2)[C@H]2Cc3ccccc3[C@H]2O1. The molecule has 0 aromatic heterocycles. The van der Waals surface area contributed by atoms with E-state index >= 15 is 0 Å². The van der Waals surface area contributed by atoms with E-state index in [0.717, 1.165) is 6.42 Å². The molecular weight excluding hydrogens is 248 g/mol. The number of fused-ring (bicyclic) bond motifs is 3. The molecule has 4 rings (SSSR count). The first kappa shape index (κ1) is 11.5. The van der Waals surface area contributed by atoms with Crippen LogP contribution in [-0.2, 0) is 11.2 Å². The molecule has 0 unspecified atom stereocenters. The van der Waals surface area contributed by atoms with Crippen LogP contribution in [0.15, 0.2) is 59.6 Å². The summed E-state index contributed by atoms with van der Waals surface area (Å²) in [4.78, 5) is 4.55. The third kappa shape index (κ3) is 1.70. The molecular formula is C17H16N2O. The first-order chi connectivity index (χ1) is 9.83. The molecule has 0 amide bonds. The van der Waals surface area contributed by atoms with Crippen molar-refractivity contribution in [2.24, 2.45) is 16.6 Å². The van der Waals surface area contributed by atoms with Gasteiger partial charge in [0.25, 0.3) is 6.02 Å². The first-order valence-electron chi connectivity index (χ1n) is 6.95. The van der Waals surface area contributed by atoms with Crippen LogP contribution >= 0.6 is 0 Å². The molecule has 0 bridgehead atoms. The molecule has 1 heterocycles. The van der Waals surface area contributed by atoms with Crippen LogP contribution < -0.4 is 5.73 Å². The highest BCUT2D eigenvalue weighted by molar-refractivity contribution is 5.73. The summed E-state index contributed by atoms with van der Waals surface area (Å²) in [5, 5.41) is 0. The van der Waals surface area contributed by atoms with Crippen LogP contribution in [0.25, 0.3) is 0 Å². The highest BCUT2D eigenvalue weighted by Crippen LogP contribution is 2.48. The van der Waals surface area contributed by atoms with Gasteiger partial charge in [0.05, 0.1) is 6.04 Å². The van der Waals surface area contributed by atoms with E-state index in [9.17, 15) is 0 Å². The summed E-state index contributed by atoms with van der Waals surface area (Å²) in [6, 6.07) is 19.2. The van der Waals surface area contributed by atoms with Crippen LogP contribution in [0.5, 0.6) is 0 Å². The van der Waals surface area contributed by atoms with Crippen LogP contribution in [-0.4, -0.2) is 6.02 Å². The quantitative estimate of drug-likeness (QED) is 0.860. The zero-order valence-corrected chi connectivity index (χ0v) is 11.1. The topological polar surface area (TPSA) is 47.6 Å². The lowest BCUT2D eigenvalue weighted by molar-refractivity contribution is 0.0964. The smallest absolute Gasteiger partial charge is 0.283 e. The van der Waals surface area contributed by atoms with Gasteiger partial charge in [-0.15, -0.1) is 0 Å². The van der Waals surface area contributed by atoms with Crippen molar-refractivity contribution >= 4 is 6.02 Å². The number of rotatable bonds is 1. The van der Waals surface area contributed by atoms with Crippen LogP contribution in [0, 0.1) is 5.92 Å². The number of amidine groups is 1. The second-order valence-electron chi connectivity index (χ2n) is 5.43. The Morgan fingerprint density at radius 3 is 2.60 bits per heavy atom. The summed E-state index contributed by atoms with van der Waals surface area (Å²) in [6.45, 7) is 0. The molecule has 3 nitrogen and oxygen atoms in total. The predicted octanol–water partition coefficient (Wildman–Crippen LogP) is 2.99. The molecule has 1 aliphatic carbocycles. The van der Waals surface area contributed by atoms with Gasteiger partial charge < -0.3 is 10.5 Å². The van der Waals surface area contributed by atoms with E-state index in [1.807, 2.05) is 18.2 Å². The third-order valence-electron chi connectivity index (χ3n) is 4.27. The molecule has 100 valence electrons. The second-order valence-corrected chi connectivity index (χ2v) is 5.43. The largest absolute Gasteiger partial charge is 0.457 e. The van der Waals surface area contributed by atoms with E-state index in [1.165, 1.54) is 16.7 Å². The van der Waals surface area contributed by atoms with E-state index < -0.39 is 0 Å². The lowest BCUT2D eigenvalue weighted by Crippen LogP contribution is -2.31. The summed E-state index contributed by atoms with van der Waals surface area (Å²) < 4.78 is 5.82. The fraction of sp³-hybridized carbons (Fsp3) is 0.235. The highest BCUT2D eigenvalue weighted by Gasteiger charge is 2.42. The number of hydrogen-bond donors (Lipinski definition) is 1. The van der Waals surface area contributed by atoms with E-state index in [1.54, 1.807) is 0 Å². The molecule has 20 heavy (non-hydrogen) atoms. The highest BCUT2D eigenvalue weighted by atomic mass is 16.5. The Kier molecular flexibility index (Phi) is 2.52. The molecule has 0 radical (unpaired) electrons. The minimum atomic E-state index is 0.0360. The predicted molar refractivity (Wildman–Crippen MR) is 78.3 cm³/mol. The van der Waals surface area contributed by atoms with Crippen LogP contribution in [0.2, 0.25) is 0 Å². The summed E-state index contributed by atoms with van der Waals surface area (Å²) in [5.74, 6) is 0.335. The molecule has 3 atom stereocenters. The number of aliphatic imine (C=N–C) groups is 1. The van der Waals surface area contributed by atoms with Gasteiger partial charge in [-0.2, -0.15) is 0 Å². The summed E-state index contributed by atoms with van der Waals surface area (Å²) >= 11 is 0. The van der Waals surface area contributed by atoms with Gasteiger partial charge in [0, 0.05) is 5.92 Å². The minimum Gasteiger partial charge on any atom is -0.457 e. The van der Waals surface area contributed by atoms with E-state index in [4.69, 9.17) is 10.5 Å². The zero-order chi connectivity index (χ0) is 13.5. The van der Waals surface area contributed by atoms with Crippen molar-refractivity contribution in [2.75, 3.05) is 0 Å². The average molecular weight is 264 g/mol. The standard InChI is InChI=1S/C17H16N2O/c18-17-19-15(11-6-2-1-3-7-11)14-10-12-8-4-5-9-13(12)16(14)20-17/h1-9,14-16H,10H2,(H2,18,19)/t14-,15-,16-/m1/s1. The fourth-order valence-electron chi connectivity index (χ4n) is 3.38. The fourth-order valence-corrected chi connectivity index (χ4v) is 3.38. The maximum Gasteiger partial charge on any atom is 0.283 e. The molecule has 0 saturated heterocycles. The van der Waals surface area contributed by atoms with Crippen LogP contribution in [0.4, 0.5) is 0 Å². The second kappa shape index (κ2) is 4.37. The summed E-state index contributed by atoms with van der Waals surface area (Å²) in [6.07, 6.45) is 1.03. The number of benzene rings is 2. The Balaban J connectivity index is 1.78. The zero-order valence-electron chi connectivity index (χ0n) is 11.1. The maximum absolute atomic E-state index is 5.90. The van der Waals surface area contributed by atoms with E-state index in [0.29, 0.717) is 11.9 Å². The Morgan fingerprint density at radius 2 is 1.75 bits per heavy atom. The van der Waals surface area contributed by atoms with Crippen molar-refractivity contribution in [3.63, 3.8) is 0 Å². The Morgan fingerprint density at radius 1 is 1.00 bits per heavy atom. The molecule has 2 aliphatic rings. The van der Waals surface area contributed by atoms with Crippen molar-refractivity contribution in [2.45, 2.75) is 18.6 Å². The number of hydrogen-bond acceptors (Lipinski definition) is 3. The van der Waals surface area contributed by atoms with Gasteiger partial charge in [-0.25, -0.2) is 4.99 Å². The first-order valence-corrected chi connectivity index (χ1v) is 6.95. The summed E-state index contributed by atoms with van der Waals surface area (Å²) in [7, 11) is 0. The molecule has 0 spiro atoms. The maximum atomic E-state index is 5.90. The summed E-state index contributed by atoms with van der Waals surface area (Å²) in [5.41, 5.74) is 9.73. The van der Waals surface area contributed by atoms with E-state index in [-0.39, 0.29) is 12.1 Å². The molecule has 3 heteroatoms. The Hall–Kier alpha value is -2.29. The van der Waals surface area contributed by atoms with Crippen molar-refractivity contribution in [3.05, 3.63) is 71.3 Å². The van der Waals surface area contributed by atoms with Crippen LogP contribution in [0.3, 0.4) is 0 Å². The molecule has 0 saturated carbocycles. The monoisotopic (exact) mass is 264 g/mol. The Bertz CT molecular complexity index is 666. The van der Waals surface area contributed by atoms with Crippen molar-refractivity contribution < 1.29 is 4.74 Å². The van der Waals surface area contributed by atoms with Gasteiger partial charge in [-0.3, -0.25) is 0 Å². The van der Waals surface area contributed by atoms with Gasteiger partial charge in [0.15, 0.2) is 0 Å². The van der Waals surface area contributed by atoms with Crippen LogP contribution in [0.1, 0.15) is 28.8 Å². The van der Waals surface area contributed by atoms with Crippen molar-refractivity contribution in [1.82, 2.24) is 0 Å². The van der Waals surface area contributed by atoms with Gasteiger partial charge in [-0.1, -0.05) is 54.6 Å². The molecule has 2 aromatic rings. The van der Waals surface area contributed by atoms with Crippen molar-refractivity contribution in [1.29, 1.82) is 0 Å². The molecule has 2 aromatic carbocycles. The lowest BCUT2D eigenvalue weighted by Gasteiger charge is -2.31.